The molecule has 0 aromatic carbocycles. The summed E-state index contributed by atoms with van der Waals surface area (Å²) in [7, 11) is 0. The lowest BCUT2D eigenvalue weighted by Gasteiger charge is -2.05. The van der Waals surface area contributed by atoms with E-state index in [0.29, 0.717) is 6.54 Å². The van der Waals surface area contributed by atoms with Gasteiger partial charge in [-0.15, -0.1) is 0 Å². The monoisotopic (exact) mass is 205 g/mol. The molecule has 3 nitrogen and oxygen atoms in total. The van der Waals surface area contributed by atoms with E-state index in [-0.39, 0.29) is 0 Å². The molecular formula is C12H19N3. The zero-order valence-corrected chi connectivity index (χ0v) is 9.24. The van der Waals surface area contributed by atoms with E-state index in [1.807, 2.05) is 6.20 Å². The van der Waals surface area contributed by atoms with E-state index < -0.39 is 0 Å². The zero-order chi connectivity index (χ0) is 10.7. The fourth-order valence-corrected chi connectivity index (χ4v) is 1.95. The number of pyridine rings is 1. The maximum absolute atomic E-state index is 5.55. The molecule has 3 N–H and O–H groups in total. The molecule has 3 heteroatoms. The van der Waals surface area contributed by atoms with Crippen molar-refractivity contribution < 1.29 is 0 Å². The lowest BCUT2D eigenvalue weighted by molar-refractivity contribution is 0.622. The average molecular weight is 205 g/mol. The Kier molecular flexibility index (Phi) is 3.34. The molecule has 1 fully saturated rings. The maximum Gasteiger partial charge on any atom is 0.0542 e. The van der Waals surface area contributed by atoms with Crippen LogP contribution in [0.5, 0.6) is 0 Å². The summed E-state index contributed by atoms with van der Waals surface area (Å²) >= 11 is 0. The topological polar surface area (TPSA) is 50.9 Å². The van der Waals surface area contributed by atoms with E-state index >= 15 is 0 Å². The Labute approximate surface area is 91.1 Å². The van der Waals surface area contributed by atoms with Gasteiger partial charge in [0.05, 0.1) is 5.69 Å². The van der Waals surface area contributed by atoms with Crippen molar-refractivity contribution in [2.24, 2.45) is 11.7 Å². The Balaban J connectivity index is 1.83. The Morgan fingerprint density at radius 1 is 1.60 bits per heavy atom. The standard InChI is InChI=1S/C12H19N3/c1-2-10-6-12(10)15-8-9-3-4-14-11(5-9)7-13/h3-5,10,12,15H,2,6-8,13H2,1H3. The highest BCUT2D eigenvalue weighted by Crippen LogP contribution is 2.33. The van der Waals surface area contributed by atoms with Crippen molar-refractivity contribution in [3.63, 3.8) is 0 Å². The van der Waals surface area contributed by atoms with Gasteiger partial charge in [0.2, 0.25) is 0 Å². The van der Waals surface area contributed by atoms with Gasteiger partial charge < -0.3 is 11.1 Å². The molecule has 2 rings (SSSR count). The smallest absolute Gasteiger partial charge is 0.0542 e. The predicted octanol–water partition coefficient (Wildman–Crippen LogP) is 1.43. The first kappa shape index (κ1) is 10.6. The Bertz CT molecular complexity index is 324. The summed E-state index contributed by atoms with van der Waals surface area (Å²) in [5, 5.41) is 3.56. The van der Waals surface area contributed by atoms with Gasteiger partial charge in [0.1, 0.15) is 0 Å². The molecular weight excluding hydrogens is 186 g/mol. The molecule has 2 unspecified atom stereocenters. The predicted molar refractivity (Wildman–Crippen MR) is 61.2 cm³/mol. The summed E-state index contributed by atoms with van der Waals surface area (Å²) < 4.78 is 0. The number of nitrogens with one attached hydrogen (secondary N) is 1. The van der Waals surface area contributed by atoms with Gasteiger partial charge in [0.25, 0.3) is 0 Å². The van der Waals surface area contributed by atoms with Gasteiger partial charge in [-0.25, -0.2) is 0 Å². The van der Waals surface area contributed by atoms with Gasteiger partial charge in [0, 0.05) is 25.3 Å². The molecule has 1 aromatic heterocycles. The molecule has 82 valence electrons. The minimum atomic E-state index is 0.523. The van der Waals surface area contributed by atoms with Crippen LogP contribution >= 0.6 is 0 Å². The van der Waals surface area contributed by atoms with Gasteiger partial charge in [-0.3, -0.25) is 4.98 Å². The molecule has 15 heavy (non-hydrogen) atoms. The number of hydrogen-bond acceptors (Lipinski definition) is 3. The second-order valence-corrected chi connectivity index (χ2v) is 4.25. The van der Waals surface area contributed by atoms with Crippen LogP contribution in [0.3, 0.4) is 0 Å². The van der Waals surface area contributed by atoms with Crippen molar-refractivity contribution in [1.29, 1.82) is 0 Å². The summed E-state index contributed by atoms with van der Waals surface area (Å²) in [6.45, 7) is 3.72. The second-order valence-electron chi connectivity index (χ2n) is 4.25. The van der Waals surface area contributed by atoms with Crippen molar-refractivity contribution in [2.45, 2.75) is 38.9 Å². The third-order valence-electron chi connectivity index (χ3n) is 3.11. The van der Waals surface area contributed by atoms with Gasteiger partial charge in [-0.05, 0) is 30.0 Å². The van der Waals surface area contributed by atoms with E-state index in [4.69, 9.17) is 5.73 Å². The van der Waals surface area contributed by atoms with E-state index in [2.05, 4.69) is 29.4 Å². The van der Waals surface area contributed by atoms with Gasteiger partial charge >= 0.3 is 0 Å². The highest BCUT2D eigenvalue weighted by Gasteiger charge is 2.34. The quantitative estimate of drug-likeness (QED) is 0.764. The third kappa shape index (κ3) is 2.76. The van der Waals surface area contributed by atoms with Crippen molar-refractivity contribution in [3.05, 3.63) is 29.6 Å². The zero-order valence-electron chi connectivity index (χ0n) is 9.24. The molecule has 0 bridgehead atoms. The minimum absolute atomic E-state index is 0.523. The normalized spacial score (nSPS) is 24.1. The Morgan fingerprint density at radius 3 is 3.13 bits per heavy atom. The SMILES string of the molecule is CCC1CC1NCc1ccnc(CN)c1. The first-order chi connectivity index (χ1) is 7.33. The largest absolute Gasteiger partial charge is 0.325 e. The molecule has 1 aromatic rings. The van der Waals surface area contributed by atoms with Crippen LogP contribution in [0.4, 0.5) is 0 Å². The first-order valence-corrected chi connectivity index (χ1v) is 5.70. The van der Waals surface area contributed by atoms with Crippen LogP contribution < -0.4 is 11.1 Å². The molecule has 0 amide bonds. The molecule has 2 atom stereocenters. The molecule has 1 aliphatic carbocycles. The van der Waals surface area contributed by atoms with Gasteiger partial charge in [-0.2, -0.15) is 0 Å². The van der Waals surface area contributed by atoms with Crippen LogP contribution in [0.15, 0.2) is 18.3 Å². The first-order valence-electron chi connectivity index (χ1n) is 5.70. The fraction of sp³-hybridized carbons (Fsp3) is 0.583. The van der Waals surface area contributed by atoms with Gasteiger partial charge in [-0.1, -0.05) is 13.3 Å². The van der Waals surface area contributed by atoms with Crippen molar-refractivity contribution in [1.82, 2.24) is 10.3 Å². The third-order valence-corrected chi connectivity index (χ3v) is 3.11. The minimum Gasteiger partial charge on any atom is -0.325 e. The molecule has 1 saturated carbocycles. The second kappa shape index (κ2) is 4.73. The summed E-state index contributed by atoms with van der Waals surface area (Å²) in [5.74, 6) is 0.904. The van der Waals surface area contributed by atoms with E-state index in [1.54, 1.807) is 0 Å². The molecule has 0 saturated heterocycles. The van der Waals surface area contributed by atoms with Crippen LogP contribution in [0.2, 0.25) is 0 Å². The van der Waals surface area contributed by atoms with E-state index in [0.717, 1.165) is 24.2 Å². The lowest BCUT2D eigenvalue weighted by atomic mass is 10.2. The van der Waals surface area contributed by atoms with Crippen LogP contribution in [0.25, 0.3) is 0 Å². The van der Waals surface area contributed by atoms with Crippen LogP contribution in [-0.2, 0) is 13.1 Å². The van der Waals surface area contributed by atoms with E-state index in [9.17, 15) is 0 Å². The highest BCUT2D eigenvalue weighted by atomic mass is 15.0. The molecule has 0 radical (unpaired) electrons. The van der Waals surface area contributed by atoms with Crippen LogP contribution in [-0.4, -0.2) is 11.0 Å². The maximum atomic E-state index is 5.55. The van der Waals surface area contributed by atoms with Crippen molar-refractivity contribution >= 4 is 0 Å². The van der Waals surface area contributed by atoms with Crippen molar-refractivity contribution in [2.75, 3.05) is 0 Å². The average Bonchev–Trinajstić information content (AvgIpc) is 3.05. The van der Waals surface area contributed by atoms with E-state index in [1.165, 1.54) is 18.4 Å². The molecule has 1 aliphatic rings. The highest BCUT2D eigenvalue weighted by molar-refractivity contribution is 5.16. The molecule has 0 aliphatic heterocycles. The summed E-state index contributed by atoms with van der Waals surface area (Å²) in [6.07, 6.45) is 4.47. The number of aromatic nitrogens is 1. The molecule has 1 heterocycles. The fourth-order valence-electron chi connectivity index (χ4n) is 1.95. The summed E-state index contributed by atoms with van der Waals surface area (Å²) in [6, 6.07) is 4.87. The van der Waals surface area contributed by atoms with Gasteiger partial charge in [0.15, 0.2) is 0 Å². The molecule has 0 spiro atoms. The summed E-state index contributed by atoms with van der Waals surface area (Å²) in [5.41, 5.74) is 7.80. The van der Waals surface area contributed by atoms with Crippen molar-refractivity contribution in [3.8, 4) is 0 Å². The summed E-state index contributed by atoms with van der Waals surface area (Å²) in [4.78, 5) is 4.18. The number of hydrogen-bond donors (Lipinski definition) is 2. The Hall–Kier alpha value is -0.930. The number of nitrogens with two attached hydrogens (primary N) is 1. The Morgan fingerprint density at radius 2 is 2.47 bits per heavy atom. The number of nitrogens with zero attached hydrogens (tertiary/aromatic N) is 1. The van der Waals surface area contributed by atoms with Crippen LogP contribution in [0, 0.1) is 5.92 Å². The van der Waals surface area contributed by atoms with Crippen LogP contribution in [0.1, 0.15) is 31.0 Å². The lowest BCUT2D eigenvalue weighted by Crippen LogP contribution is -2.17. The number of rotatable bonds is 5.